The Labute approximate surface area is 129 Å². The van der Waals surface area contributed by atoms with Crippen LogP contribution in [0.2, 0.25) is 0 Å². The Morgan fingerprint density at radius 1 is 1.38 bits per heavy atom. The molecule has 114 valence electrons. The molecular weight excluding hydrogens is 284 g/mol. The highest BCUT2D eigenvalue weighted by Crippen LogP contribution is 2.30. The highest BCUT2D eigenvalue weighted by Gasteiger charge is 2.25. The Hall–Kier alpha value is -1.34. The first-order valence-corrected chi connectivity index (χ1v) is 8.50. The van der Waals surface area contributed by atoms with Crippen molar-refractivity contribution >= 4 is 11.3 Å². The molecule has 2 aromatic rings. The van der Waals surface area contributed by atoms with Crippen molar-refractivity contribution < 1.29 is 0 Å². The van der Waals surface area contributed by atoms with Crippen LogP contribution in [0.5, 0.6) is 0 Å². The van der Waals surface area contributed by atoms with Crippen LogP contribution in [0.3, 0.4) is 0 Å². The summed E-state index contributed by atoms with van der Waals surface area (Å²) in [6.45, 7) is 3.00. The van der Waals surface area contributed by atoms with Gasteiger partial charge >= 0.3 is 0 Å². The number of rotatable bonds is 5. The van der Waals surface area contributed by atoms with Crippen LogP contribution in [0.25, 0.3) is 0 Å². The molecule has 0 amide bonds. The molecule has 1 aliphatic rings. The van der Waals surface area contributed by atoms with Gasteiger partial charge in [0.15, 0.2) is 5.82 Å². The number of hydrogen-bond donors (Lipinski definition) is 0. The minimum absolute atomic E-state index is 0.186. The van der Waals surface area contributed by atoms with E-state index in [-0.39, 0.29) is 6.04 Å². The Morgan fingerprint density at radius 2 is 2.19 bits per heavy atom. The first-order chi connectivity index (χ1) is 10.3. The highest BCUT2D eigenvalue weighted by atomic mass is 32.1. The predicted molar refractivity (Wildman–Crippen MR) is 81.9 cm³/mol. The zero-order valence-electron chi connectivity index (χ0n) is 12.6. The summed E-state index contributed by atoms with van der Waals surface area (Å²) in [5.74, 6) is 0.973. The summed E-state index contributed by atoms with van der Waals surface area (Å²) in [7, 11) is 2.10. The second-order valence-corrected chi connectivity index (χ2v) is 6.77. The van der Waals surface area contributed by atoms with Gasteiger partial charge in [0.2, 0.25) is 0 Å². The zero-order chi connectivity index (χ0) is 14.7. The van der Waals surface area contributed by atoms with E-state index in [1.165, 1.54) is 32.1 Å². The Kier molecular flexibility index (Phi) is 4.60. The fraction of sp³-hybridized carbons (Fsp3) is 0.714. The molecule has 0 N–H and O–H groups in total. The van der Waals surface area contributed by atoms with Crippen LogP contribution < -0.4 is 0 Å². The Bertz CT molecular complexity index is 546. The molecule has 0 radical (unpaired) electrons. The molecule has 0 saturated heterocycles. The van der Waals surface area contributed by atoms with E-state index in [0.717, 1.165) is 17.4 Å². The molecule has 0 unspecified atom stereocenters. The van der Waals surface area contributed by atoms with E-state index < -0.39 is 0 Å². The fourth-order valence-electron chi connectivity index (χ4n) is 2.94. The lowest BCUT2D eigenvalue weighted by molar-refractivity contribution is 0.222. The second kappa shape index (κ2) is 6.62. The van der Waals surface area contributed by atoms with Crippen molar-refractivity contribution in [3.63, 3.8) is 0 Å². The molecule has 2 heterocycles. The van der Waals surface area contributed by atoms with Gasteiger partial charge in [0.05, 0.1) is 18.6 Å². The molecule has 0 aromatic carbocycles. The Balaban J connectivity index is 1.72. The molecule has 21 heavy (non-hydrogen) atoms. The smallest absolute Gasteiger partial charge is 0.168 e. The third-order valence-corrected chi connectivity index (χ3v) is 5.11. The van der Waals surface area contributed by atoms with Gasteiger partial charge in [0, 0.05) is 11.6 Å². The van der Waals surface area contributed by atoms with E-state index in [1.807, 2.05) is 11.6 Å². The SMILES string of the molecule is C[C@H](c1nnnn1C1CCCCC1)N(C)Cc1nccs1. The summed E-state index contributed by atoms with van der Waals surface area (Å²) in [6, 6.07) is 0.658. The largest absolute Gasteiger partial charge is 0.290 e. The molecule has 0 spiro atoms. The predicted octanol–water partition coefficient (Wildman–Crippen LogP) is 2.83. The summed E-state index contributed by atoms with van der Waals surface area (Å²) >= 11 is 1.69. The van der Waals surface area contributed by atoms with Crippen molar-refractivity contribution in [3.05, 3.63) is 22.4 Å². The fourth-order valence-corrected chi connectivity index (χ4v) is 3.62. The second-order valence-electron chi connectivity index (χ2n) is 5.79. The first-order valence-electron chi connectivity index (χ1n) is 7.62. The van der Waals surface area contributed by atoms with Gasteiger partial charge in [-0.25, -0.2) is 9.67 Å². The van der Waals surface area contributed by atoms with Crippen molar-refractivity contribution in [3.8, 4) is 0 Å². The van der Waals surface area contributed by atoms with Gasteiger partial charge in [-0.1, -0.05) is 19.3 Å². The van der Waals surface area contributed by atoms with Crippen molar-refractivity contribution in [1.29, 1.82) is 0 Å². The lowest BCUT2D eigenvalue weighted by atomic mass is 9.95. The maximum atomic E-state index is 4.35. The molecule has 1 aliphatic carbocycles. The summed E-state index contributed by atoms with van der Waals surface area (Å²) in [5, 5.41) is 15.6. The monoisotopic (exact) mass is 306 g/mol. The number of hydrogen-bond acceptors (Lipinski definition) is 6. The summed E-state index contributed by atoms with van der Waals surface area (Å²) in [4.78, 5) is 6.60. The van der Waals surface area contributed by atoms with E-state index in [0.29, 0.717) is 6.04 Å². The Morgan fingerprint density at radius 3 is 2.90 bits per heavy atom. The molecule has 1 fully saturated rings. The zero-order valence-corrected chi connectivity index (χ0v) is 13.5. The average molecular weight is 306 g/mol. The van der Waals surface area contributed by atoms with E-state index >= 15 is 0 Å². The van der Waals surface area contributed by atoms with Gasteiger partial charge in [-0.3, -0.25) is 4.90 Å². The minimum atomic E-state index is 0.186. The third kappa shape index (κ3) is 3.29. The molecule has 7 heteroatoms. The number of nitrogens with zero attached hydrogens (tertiary/aromatic N) is 6. The number of thiazole rings is 1. The van der Waals surface area contributed by atoms with Gasteiger partial charge < -0.3 is 0 Å². The van der Waals surface area contributed by atoms with Gasteiger partial charge in [0.1, 0.15) is 5.01 Å². The van der Waals surface area contributed by atoms with Crippen molar-refractivity contribution in [1.82, 2.24) is 30.1 Å². The minimum Gasteiger partial charge on any atom is -0.290 e. The lowest BCUT2D eigenvalue weighted by Gasteiger charge is -2.27. The third-order valence-electron chi connectivity index (χ3n) is 4.34. The van der Waals surface area contributed by atoms with Crippen molar-refractivity contribution in [2.24, 2.45) is 0 Å². The maximum absolute atomic E-state index is 4.35. The van der Waals surface area contributed by atoms with Crippen LogP contribution in [0, 0.1) is 0 Å². The quantitative estimate of drug-likeness (QED) is 0.850. The van der Waals surface area contributed by atoms with Crippen LogP contribution in [0.4, 0.5) is 0 Å². The highest BCUT2D eigenvalue weighted by molar-refractivity contribution is 7.09. The normalized spacial score (nSPS) is 18.2. The van der Waals surface area contributed by atoms with Crippen LogP contribution in [-0.2, 0) is 6.54 Å². The van der Waals surface area contributed by atoms with Gasteiger partial charge in [-0.05, 0) is 37.2 Å². The first kappa shape index (κ1) is 14.6. The summed E-state index contributed by atoms with van der Waals surface area (Å²) in [6.07, 6.45) is 8.15. The molecule has 0 bridgehead atoms. The van der Waals surface area contributed by atoms with Crippen molar-refractivity contribution in [2.45, 2.75) is 57.7 Å². The molecule has 1 saturated carbocycles. The molecule has 2 aromatic heterocycles. The average Bonchev–Trinajstić information content (AvgIpc) is 3.18. The topological polar surface area (TPSA) is 59.7 Å². The van der Waals surface area contributed by atoms with E-state index in [4.69, 9.17) is 0 Å². The van der Waals surface area contributed by atoms with Gasteiger partial charge in [0.25, 0.3) is 0 Å². The van der Waals surface area contributed by atoms with Gasteiger partial charge in [-0.2, -0.15) is 0 Å². The van der Waals surface area contributed by atoms with Gasteiger partial charge in [-0.15, -0.1) is 16.4 Å². The maximum Gasteiger partial charge on any atom is 0.168 e. The van der Waals surface area contributed by atoms with E-state index in [9.17, 15) is 0 Å². The summed E-state index contributed by atoms with van der Waals surface area (Å²) in [5.41, 5.74) is 0. The van der Waals surface area contributed by atoms with Crippen LogP contribution >= 0.6 is 11.3 Å². The van der Waals surface area contributed by atoms with E-state index in [1.54, 1.807) is 11.3 Å². The van der Waals surface area contributed by atoms with Crippen LogP contribution in [0.15, 0.2) is 11.6 Å². The number of aromatic nitrogens is 5. The van der Waals surface area contributed by atoms with Crippen LogP contribution in [-0.4, -0.2) is 37.1 Å². The van der Waals surface area contributed by atoms with Crippen LogP contribution in [0.1, 0.15) is 61.9 Å². The van der Waals surface area contributed by atoms with E-state index in [2.05, 4.69) is 44.1 Å². The molecule has 0 aliphatic heterocycles. The molecule has 1 atom stereocenters. The molecule has 6 nitrogen and oxygen atoms in total. The standard InChI is InChI=1S/C14H22N6S/c1-11(19(2)10-13-15-8-9-21-13)14-16-17-18-20(14)12-6-4-3-5-7-12/h8-9,11-12H,3-7,10H2,1-2H3/t11-/m1/s1. The number of tetrazole rings is 1. The van der Waals surface area contributed by atoms with Crippen molar-refractivity contribution in [2.75, 3.05) is 7.05 Å². The molecule has 3 rings (SSSR count). The lowest BCUT2D eigenvalue weighted by Crippen LogP contribution is -2.27. The molecular formula is C14H22N6S. The summed E-state index contributed by atoms with van der Waals surface area (Å²) < 4.78 is 2.06.